The molecule has 0 unspecified atom stereocenters. The molecule has 232 valence electrons. The van der Waals surface area contributed by atoms with Crippen molar-refractivity contribution in [3.05, 3.63) is 138 Å². The summed E-state index contributed by atoms with van der Waals surface area (Å²) in [4.78, 5) is 24.1. The van der Waals surface area contributed by atoms with Gasteiger partial charge in [0.2, 0.25) is 0 Å². The van der Waals surface area contributed by atoms with E-state index >= 15 is 0 Å². The van der Waals surface area contributed by atoms with Crippen LogP contribution >= 0.6 is 11.8 Å². The SMILES string of the molecule is C=CCOC(=O)NCc1ccccc1-c1ccc([C@H]2O[C@@H](CSc3ccc(C(=O)O)cc3)C[C@@H](c3ccc(CO)cc3)O2)cc1. The Labute approximate surface area is 266 Å². The van der Waals surface area contributed by atoms with Gasteiger partial charge in [0.05, 0.1) is 24.4 Å². The summed E-state index contributed by atoms with van der Waals surface area (Å²) >= 11 is 1.61. The summed E-state index contributed by atoms with van der Waals surface area (Å²) in [5, 5.41) is 21.5. The van der Waals surface area contributed by atoms with E-state index < -0.39 is 18.4 Å². The zero-order valence-corrected chi connectivity index (χ0v) is 25.5. The Morgan fingerprint density at radius 1 is 0.933 bits per heavy atom. The van der Waals surface area contributed by atoms with Crippen LogP contribution in [0.2, 0.25) is 0 Å². The smallest absolute Gasteiger partial charge is 0.407 e. The number of carboxylic acids is 1. The molecule has 3 atom stereocenters. The molecule has 0 spiro atoms. The van der Waals surface area contributed by atoms with Gasteiger partial charge < -0.3 is 29.7 Å². The van der Waals surface area contributed by atoms with Gasteiger partial charge in [-0.3, -0.25) is 0 Å². The van der Waals surface area contributed by atoms with Crippen LogP contribution in [0.1, 0.15) is 51.4 Å². The van der Waals surface area contributed by atoms with Gasteiger partial charge in [-0.05, 0) is 52.1 Å². The van der Waals surface area contributed by atoms with E-state index in [0.717, 1.165) is 38.3 Å². The summed E-state index contributed by atoms with van der Waals surface area (Å²) in [5.41, 5.74) is 5.89. The largest absolute Gasteiger partial charge is 0.478 e. The zero-order chi connectivity index (χ0) is 31.6. The molecular weight excluding hydrogens is 590 g/mol. The molecule has 0 saturated carbocycles. The highest BCUT2D eigenvalue weighted by molar-refractivity contribution is 7.99. The number of carboxylic acid groups (broad SMARTS) is 1. The van der Waals surface area contributed by atoms with Crippen LogP contribution in [0.3, 0.4) is 0 Å². The molecule has 4 aromatic carbocycles. The number of aliphatic hydroxyl groups excluding tert-OH is 1. The minimum absolute atomic E-state index is 0.0254. The number of aliphatic hydroxyl groups is 1. The van der Waals surface area contributed by atoms with Crippen molar-refractivity contribution in [1.82, 2.24) is 5.32 Å². The second-order valence-corrected chi connectivity index (χ2v) is 11.6. The number of ether oxygens (including phenoxy) is 3. The molecule has 8 nitrogen and oxygen atoms in total. The first kappa shape index (κ1) is 32.0. The Morgan fingerprint density at radius 2 is 1.64 bits per heavy atom. The lowest BCUT2D eigenvalue weighted by Crippen LogP contribution is -2.31. The number of alkyl carbamates (subject to hydrolysis) is 1. The minimum atomic E-state index is -0.952. The first-order valence-corrected chi connectivity index (χ1v) is 15.6. The summed E-state index contributed by atoms with van der Waals surface area (Å²) in [6.45, 7) is 4.00. The number of benzene rings is 4. The lowest BCUT2D eigenvalue weighted by Gasteiger charge is -2.36. The minimum Gasteiger partial charge on any atom is -0.478 e. The number of thioether (sulfide) groups is 1. The summed E-state index contributed by atoms with van der Waals surface area (Å²) in [5.74, 6) is -0.294. The molecule has 45 heavy (non-hydrogen) atoms. The molecule has 1 aliphatic heterocycles. The molecule has 4 aromatic rings. The van der Waals surface area contributed by atoms with Gasteiger partial charge in [-0.2, -0.15) is 0 Å². The number of rotatable bonds is 12. The van der Waals surface area contributed by atoms with Crippen LogP contribution in [0.5, 0.6) is 0 Å². The van der Waals surface area contributed by atoms with Gasteiger partial charge >= 0.3 is 12.1 Å². The fourth-order valence-electron chi connectivity index (χ4n) is 5.03. The molecule has 5 rings (SSSR count). The molecule has 0 aliphatic carbocycles. The lowest BCUT2D eigenvalue weighted by atomic mass is 9.98. The third-order valence-electron chi connectivity index (χ3n) is 7.42. The van der Waals surface area contributed by atoms with Crippen LogP contribution in [0.15, 0.2) is 115 Å². The van der Waals surface area contributed by atoms with Crippen molar-refractivity contribution in [2.24, 2.45) is 0 Å². The van der Waals surface area contributed by atoms with Crippen molar-refractivity contribution in [3.8, 4) is 11.1 Å². The van der Waals surface area contributed by atoms with Crippen molar-refractivity contribution in [1.29, 1.82) is 0 Å². The van der Waals surface area contributed by atoms with Gasteiger partial charge in [0.15, 0.2) is 6.29 Å². The zero-order valence-electron chi connectivity index (χ0n) is 24.6. The maximum atomic E-state index is 12.0. The Bertz CT molecular complexity index is 1590. The van der Waals surface area contributed by atoms with Gasteiger partial charge in [0, 0.05) is 29.2 Å². The van der Waals surface area contributed by atoms with E-state index in [1.807, 2.05) is 84.9 Å². The van der Waals surface area contributed by atoms with E-state index in [1.54, 1.807) is 23.9 Å². The van der Waals surface area contributed by atoms with E-state index in [1.165, 1.54) is 6.08 Å². The molecule has 1 aliphatic rings. The Balaban J connectivity index is 1.32. The first-order chi connectivity index (χ1) is 21.9. The molecule has 0 bridgehead atoms. The normalized spacial score (nSPS) is 17.8. The molecule has 1 heterocycles. The Morgan fingerprint density at radius 3 is 2.33 bits per heavy atom. The summed E-state index contributed by atoms with van der Waals surface area (Å²) in [6.07, 6.45) is 0.700. The fraction of sp³-hybridized carbons (Fsp3) is 0.222. The topological polar surface area (TPSA) is 114 Å². The number of amides is 1. The summed E-state index contributed by atoms with van der Waals surface area (Å²) in [6, 6.07) is 30.5. The van der Waals surface area contributed by atoms with E-state index in [9.17, 15) is 19.8 Å². The van der Waals surface area contributed by atoms with Gasteiger partial charge in [0.25, 0.3) is 0 Å². The highest BCUT2D eigenvalue weighted by Crippen LogP contribution is 2.40. The third-order valence-corrected chi connectivity index (χ3v) is 8.56. The van der Waals surface area contributed by atoms with Crippen LogP contribution in [0.4, 0.5) is 4.79 Å². The molecule has 3 N–H and O–H groups in total. The van der Waals surface area contributed by atoms with E-state index in [4.69, 9.17) is 14.2 Å². The highest BCUT2D eigenvalue weighted by Gasteiger charge is 2.32. The summed E-state index contributed by atoms with van der Waals surface area (Å²) < 4.78 is 18.0. The van der Waals surface area contributed by atoms with Crippen molar-refractivity contribution in [3.63, 3.8) is 0 Å². The lowest BCUT2D eigenvalue weighted by molar-refractivity contribution is -0.245. The molecule has 0 radical (unpaired) electrons. The number of hydrogen-bond acceptors (Lipinski definition) is 7. The van der Waals surface area contributed by atoms with Crippen molar-refractivity contribution >= 4 is 23.8 Å². The monoisotopic (exact) mass is 625 g/mol. The maximum absolute atomic E-state index is 12.0. The Hall–Kier alpha value is -4.41. The number of hydrogen-bond donors (Lipinski definition) is 3. The van der Waals surface area contributed by atoms with Crippen molar-refractivity contribution in [2.45, 2.75) is 43.0 Å². The van der Waals surface area contributed by atoms with Gasteiger partial charge in [0.1, 0.15) is 6.61 Å². The van der Waals surface area contributed by atoms with E-state index in [0.29, 0.717) is 18.7 Å². The Kier molecular flexibility index (Phi) is 11.1. The third kappa shape index (κ3) is 8.61. The number of aromatic carboxylic acids is 1. The number of nitrogens with one attached hydrogen (secondary N) is 1. The second kappa shape index (κ2) is 15.5. The molecule has 1 amide bonds. The number of carbonyl (C=O) groups excluding carboxylic acids is 1. The molecular formula is C36H35NO7S. The van der Waals surface area contributed by atoms with E-state index in [2.05, 4.69) is 11.9 Å². The molecule has 1 fully saturated rings. The average Bonchev–Trinajstić information content (AvgIpc) is 3.09. The molecule has 0 aromatic heterocycles. The van der Waals surface area contributed by atoms with Gasteiger partial charge in [-0.15, -0.1) is 11.8 Å². The van der Waals surface area contributed by atoms with Gasteiger partial charge in [-0.1, -0.05) is 85.5 Å². The van der Waals surface area contributed by atoms with Crippen LogP contribution in [0.25, 0.3) is 11.1 Å². The maximum Gasteiger partial charge on any atom is 0.407 e. The van der Waals surface area contributed by atoms with Crippen LogP contribution in [-0.2, 0) is 27.4 Å². The van der Waals surface area contributed by atoms with E-state index in [-0.39, 0.29) is 31.0 Å². The van der Waals surface area contributed by atoms with Crippen molar-refractivity contribution in [2.75, 3.05) is 12.4 Å². The fourth-order valence-corrected chi connectivity index (χ4v) is 5.96. The van der Waals surface area contributed by atoms with Crippen LogP contribution in [0, 0.1) is 0 Å². The highest BCUT2D eigenvalue weighted by atomic mass is 32.2. The van der Waals surface area contributed by atoms with Gasteiger partial charge in [-0.25, -0.2) is 9.59 Å². The predicted molar refractivity (Wildman–Crippen MR) is 173 cm³/mol. The van der Waals surface area contributed by atoms with Crippen LogP contribution in [-0.4, -0.2) is 40.7 Å². The van der Waals surface area contributed by atoms with Crippen LogP contribution < -0.4 is 5.32 Å². The quantitative estimate of drug-likeness (QED) is 0.111. The standard InChI is InChI=1S/C36H35NO7S/c1-2-19-42-36(41)37-21-29-5-3-4-6-32(29)25-11-13-28(14-12-25)35-43-30(23-45-31-17-15-27(16-18-31)34(39)40)20-33(44-35)26-9-7-24(22-38)8-10-26/h2-18,30,33,35,38H,1,19-23H2,(H,37,41)(H,39,40)/t30-,33+,35+/m1/s1. The average molecular weight is 626 g/mol. The first-order valence-electron chi connectivity index (χ1n) is 14.6. The number of carbonyl (C=O) groups is 2. The molecule has 9 heteroatoms. The predicted octanol–water partition coefficient (Wildman–Crippen LogP) is 7.29. The van der Waals surface area contributed by atoms with Crippen molar-refractivity contribution < 1.29 is 34.0 Å². The summed E-state index contributed by atoms with van der Waals surface area (Å²) in [7, 11) is 0. The molecule has 1 saturated heterocycles. The second-order valence-electron chi connectivity index (χ2n) is 10.5.